The Hall–Kier alpha value is -3.20. The van der Waals surface area contributed by atoms with E-state index in [0.29, 0.717) is 41.5 Å². The third-order valence-corrected chi connectivity index (χ3v) is 5.71. The molecule has 0 aliphatic heterocycles. The normalized spacial score (nSPS) is 12.4. The van der Waals surface area contributed by atoms with Gasteiger partial charge in [0, 0.05) is 27.1 Å². The minimum absolute atomic E-state index is 0.0408. The zero-order chi connectivity index (χ0) is 24.3. The number of aromatic amines is 1. The molecule has 2 heterocycles. The van der Waals surface area contributed by atoms with Crippen LogP contribution in [-0.4, -0.2) is 69.1 Å². The maximum atomic E-state index is 12.9. The number of nitrogens with one attached hydrogen (secondary N) is 1. The lowest BCUT2D eigenvalue weighted by atomic mass is 10.1. The number of aryl methyl sites for hydroxylation is 2. The van der Waals surface area contributed by atoms with Crippen molar-refractivity contribution in [2.75, 3.05) is 27.7 Å². The van der Waals surface area contributed by atoms with Crippen LogP contribution in [-0.2, 0) is 17.8 Å². The summed E-state index contributed by atoms with van der Waals surface area (Å²) in [4.78, 5) is 36.3. The Balaban J connectivity index is 2.06. The largest absolute Gasteiger partial charge is 0.493 e. The fraction of sp³-hybridized carbons (Fsp3) is 0.500. The number of amides is 1. The fourth-order valence-corrected chi connectivity index (χ4v) is 3.87. The van der Waals surface area contributed by atoms with E-state index in [2.05, 4.69) is 16.9 Å². The van der Waals surface area contributed by atoms with Gasteiger partial charge in [0.15, 0.2) is 11.3 Å². The summed E-state index contributed by atoms with van der Waals surface area (Å²) in [5.41, 5.74) is 2.57. The summed E-state index contributed by atoms with van der Waals surface area (Å²) in [6.45, 7) is 8.73. The smallest absolute Gasteiger partial charge is 0.277 e. The number of nitrogens with zero attached hydrogens (tertiary/aromatic N) is 5. The Morgan fingerprint density at radius 1 is 1.24 bits per heavy atom. The van der Waals surface area contributed by atoms with Gasteiger partial charge in [-0.25, -0.2) is 9.50 Å². The van der Waals surface area contributed by atoms with Crippen LogP contribution >= 0.6 is 0 Å². The van der Waals surface area contributed by atoms with Gasteiger partial charge in [-0.05, 0) is 51.9 Å². The van der Waals surface area contributed by atoms with Gasteiger partial charge in [0.05, 0.1) is 23.9 Å². The van der Waals surface area contributed by atoms with Gasteiger partial charge < -0.3 is 14.6 Å². The fourth-order valence-electron chi connectivity index (χ4n) is 3.87. The molecule has 1 amide bonds. The van der Waals surface area contributed by atoms with Crippen LogP contribution in [0.4, 0.5) is 0 Å². The standard InChI is InChI=1S/C24H34N6O3/c1-8-10-20-25-15(3)21-23(31)26-22(27-30(20)21)18-13-17(11-12-19(18)33-9-2)14-29(7)16(4)24(32)28(5)6/h11-13,16H,8-10,14H2,1-7H3,(H,26,27,31)/t16-/m1/s1. The van der Waals surface area contributed by atoms with Crippen molar-refractivity contribution in [1.82, 2.24) is 29.4 Å². The average Bonchev–Trinajstić information content (AvgIpc) is 3.09. The van der Waals surface area contributed by atoms with Gasteiger partial charge in [-0.2, -0.15) is 0 Å². The van der Waals surface area contributed by atoms with Gasteiger partial charge >= 0.3 is 0 Å². The lowest BCUT2D eigenvalue weighted by Gasteiger charge is -2.26. The molecule has 0 saturated carbocycles. The van der Waals surface area contributed by atoms with Crippen molar-refractivity contribution in [3.63, 3.8) is 0 Å². The number of H-pyrrole nitrogens is 1. The van der Waals surface area contributed by atoms with Crippen LogP contribution in [0.15, 0.2) is 23.0 Å². The molecule has 3 aromatic rings. The number of rotatable bonds is 9. The first kappa shape index (κ1) is 24.4. The van der Waals surface area contributed by atoms with Crippen LogP contribution in [0, 0.1) is 6.92 Å². The van der Waals surface area contributed by atoms with E-state index < -0.39 is 0 Å². The number of imidazole rings is 1. The molecule has 33 heavy (non-hydrogen) atoms. The van der Waals surface area contributed by atoms with Crippen molar-refractivity contribution in [3.8, 4) is 17.1 Å². The zero-order valence-corrected chi connectivity index (χ0v) is 20.6. The van der Waals surface area contributed by atoms with E-state index in [1.54, 1.807) is 23.5 Å². The number of carbonyl (C=O) groups excluding carboxylic acids is 1. The molecule has 1 N–H and O–H groups in total. The molecule has 0 radical (unpaired) electrons. The highest BCUT2D eigenvalue weighted by Gasteiger charge is 2.21. The predicted molar refractivity (Wildman–Crippen MR) is 129 cm³/mol. The minimum Gasteiger partial charge on any atom is -0.493 e. The third kappa shape index (κ3) is 5.08. The second-order valence-electron chi connectivity index (χ2n) is 8.51. The van der Waals surface area contributed by atoms with Crippen LogP contribution in [0.1, 0.15) is 44.3 Å². The molecular weight excluding hydrogens is 420 g/mol. The van der Waals surface area contributed by atoms with Gasteiger partial charge in [0.1, 0.15) is 11.6 Å². The molecule has 0 bridgehead atoms. The monoisotopic (exact) mass is 454 g/mol. The number of hydrogen-bond acceptors (Lipinski definition) is 6. The van der Waals surface area contributed by atoms with E-state index in [-0.39, 0.29) is 17.5 Å². The Bertz CT molecular complexity index is 1200. The summed E-state index contributed by atoms with van der Waals surface area (Å²) in [5.74, 6) is 1.87. The number of aromatic nitrogens is 4. The minimum atomic E-state index is -0.269. The van der Waals surface area contributed by atoms with Crippen LogP contribution < -0.4 is 10.3 Å². The van der Waals surface area contributed by atoms with Crippen LogP contribution in [0.3, 0.4) is 0 Å². The van der Waals surface area contributed by atoms with Crippen molar-refractivity contribution in [2.45, 2.75) is 53.1 Å². The summed E-state index contributed by atoms with van der Waals surface area (Å²) in [7, 11) is 5.43. The second-order valence-corrected chi connectivity index (χ2v) is 8.51. The molecule has 178 valence electrons. The number of likely N-dealkylation sites (N-methyl/N-ethyl adjacent to an activating group) is 2. The van der Waals surface area contributed by atoms with E-state index in [4.69, 9.17) is 9.84 Å². The summed E-state index contributed by atoms with van der Waals surface area (Å²) in [6.07, 6.45) is 1.63. The van der Waals surface area contributed by atoms with Crippen molar-refractivity contribution in [1.29, 1.82) is 0 Å². The molecule has 1 atom stereocenters. The van der Waals surface area contributed by atoms with Crippen LogP contribution in [0.2, 0.25) is 0 Å². The number of ether oxygens (including phenoxy) is 1. The van der Waals surface area contributed by atoms with Gasteiger partial charge in [-0.1, -0.05) is 13.0 Å². The van der Waals surface area contributed by atoms with Crippen LogP contribution in [0.5, 0.6) is 5.75 Å². The Kier molecular flexibility index (Phi) is 7.53. The predicted octanol–water partition coefficient (Wildman–Crippen LogP) is 2.65. The molecule has 0 fully saturated rings. The van der Waals surface area contributed by atoms with Crippen molar-refractivity contribution in [3.05, 3.63) is 45.6 Å². The second kappa shape index (κ2) is 10.2. The molecule has 1 aromatic carbocycles. The molecule has 0 unspecified atom stereocenters. The lowest BCUT2D eigenvalue weighted by Crippen LogP contribution is -2.42. The first-order chi connectivity index (χ1) is 15.7. The quantitative estimate of drug-likeness (QED) is 0.534. The summed E-state index contributed by atoms with van der Waals surface area (Å²) < 4.78 is 7.49. The highest BCUT2D eigenvalue weighted by molar-refractivity contribution is 5.80. The Morgan fingerprint density at radius 2 is 1.97 bits per heavy atom. The lowest BCUT2D eigenvalue weighted by molar-refractivity contribution is -0.133. The van der Waals surface area contributed by atoms with Gasteiger partial charge in [-0.3, -0.25) is 14.5 Å². The molecule has 9 heteroatoms. The van der Waals surface area contributed by atoms with E-state index in [1.807, 2.05) is 50.9 Å². The van der Waals surface area contributed by atoms with Crippen molar-refractivity contribution < 1.29 is 9.53 Å². The molecule has 0 saturated heterocycles. The summed E-state index contributed by atoms with van der Waals surface area (Å²) in [5, 5.41) is 4.74. The SMILES string of the molecule is CCCc1nc(C)c2c(=O)[nH]c(-c3cc(CN(C)[C@H](C)C(=O)N(C)C)ccc3OCC)nn12. The third-order valence-electron chi connectivity index (χ3n) is 5.71. The van der Waals surface area contributed by atoms with Crippen molar-refractivity contribution in [2.24, 2.45) is 0 Å². The van der Waals surface area contributed by atoms with Gasteiger partial charge in [0.25, 0.3) is 5.56 Å². The number of fused-ring (bicyclic) bond motifs is 1. The first-order valence-corrected chi connectivity index (χ1v) is 11.3. The van der Waals surface area contributed by atoms with Gasteiger partial charge in [0.2, 0.25) is 5.91 Å². The summed E-state index contributed by atoms with van der Waals surface area (Å²) in [6, 6.07) is 5.55. The maximum absolute atomic E-state index is 12.9. The molecule has 9 nitrogen and oxygen atoms in total. The highest BCUT2D eigenvalue weighted by atomic mass is 16.5. The Morgan fingerprint density at radius 3 is 2.61 bits per heavy atom. The number of hydrogen-bond donors (Lipinski definition) is 1. The molecule has 2 aromatic heterocycles. The summed E-state index contributed by atoms with van der Waals surface area (Å²) >= 11 is 0. The van der Waals surface area contributed by atoms with E-state index in [0.717, 1.165) is 24.2 Å². The molecular formula is C24H34N6O3. The van der Waals surface area contributed by atoms with Gasteiger partial charge in [-0.15, -0.1) is 5.10 Å². The topological polar surface area (TPSA) is 95.8 Å². The maximum Gasteiger partial charge on any atom is 0.277 e. The molecule has 0 spiro atoms. The highest BCUT2D eigenvalue weighted by Crippen LogP contribution is 2.29. The van der Waals surface area contributed by atoms with Crippen molar-refractivity contribution >= 4 is 11.4 Å². The average molecular weight is 455 g/mol. The van der Waals surface area contributed by atoms with Crippen LogP contribution in [0.25, 0.3) is 16.9 Å². The van der Waals surface area contributed by atoms with E-state index in [9.17, 15) is 9.59 Å². The van der Waals surface area contributed by atoms with E-state index in [1.165, 1.54) is 0 Å². The molecule has 0 aliphatic rings. The molecule has 0 aliphatic carbocycles. The Labute approximate surface area is 194 Å². The number of carbonyl (C=O) groups is 1. The first-order valence-electron chi connectivity index (χ1n) is 11.3. The molecule has 3 rings (SSSR count). The van der Waals surface area contributed by atoms with E-state index >= 15 is 0 Å². The number of benzene rings is 1. The zero-order valence-electron chi connectivity index (χ0n) is 20.6.